The Morgan fingerprint density at radius 1 is 1.20 bits per heavy atom. The molecule has 0 fully saturated rings. The number of ether oxygens (including phenoxy) is 1. The normalized spacial score (nSPS) is 11.9. The summed E-state index contributed by atoms with van der Waals surface area (Å²) in [4.78, 5) is 0. The third-order valence-electron chi connectivity index (χ3n) is 1.71. The highest BCUT2D eigenvalue weighted by atomic mass is 19.4. The average molecular weight is 221 g/mol. The van der Waals surface area contributed by atoms with Gasteiger partial charge >= 0.3 is 6.36 Å². The fourth-order valence-electron chi connectivity index (χ4n) is 1.11. The first-order chi connectivity index (χ1) is 6.79. The van der Waals surface area contributed by atoms with Crippen molar-refractivity contribution < 1.29 is 22.3 Å². The Labute approximate surface area is 84.7 Å². The predicted octanol–water partition coefficient (Wildman–Crippen LogP) is 3.69. The second kappa shape index (κ2) is 4.08. The molecule has 0 aliphatic rings. The molecular weight excluding hydrogens is 212 g/mol. The fraction of sp³-hybridized carbons (Fsp3) is 0.300. The molecule has 0 saturated heterocycles. The lowest BCUT2D eigenvalue weighted by Gasteiger charge is -2.14. The Kier molecular flexibility index (Phi) is 3.21. The van der Waals surface area contributed by atoms with E-state index >= 15 is 0 Å². The highest BCUT2D eigenvalue weighted by Gasteiger charge is 2.32. The number of halogens is 4. The highest BCUT2D eigenvalue weighted by Crippen LogP contribution is 2.31. The average Bonchev–Trinajstić information content (AvgIpc) is 2.05. The lowest BCUT2D eigenvalue weighted by atomic mass is 10.0. The van der Waals surface area contributed by atoms with Crippen LogP contribution in [0, 0.1) is 11.7 Å². The maximum absolute atomic E-state index is 12.8. The second-order valence-corrected chi connectivity index (χ2v) is 3.19. The van der Waals surface area contributed by atoms with Gasteiger partial charge in [-0.05, 0) is 18.2 Å². The number of hydrogen-bond donors (Lipinski definition) is 0. The van der Waals surface area contributed by atoms with Gasteiger partial charge in [0.05, 0.1) is 0 Å². The van der Waals surface area contributed by atoms with Gasteiger partial charge in [0.25, 0.3) is 0 Å². The van der Waals surface area contributed by atoms with Gasteiger partial charge in [-0.15, -0.1) is 13.2 Å². The topological polar surface area (TPSA) is 9.23 Å². The molecule has 1 nitrogen and oxygen atoms in total. The van der Waals surface area contributed by atoms with Crippen molar-refractivity contribution in [2.75, 3.05) is 0 Å². The van der Waals surface area contributed by atoms with Gasteiger partial charge in [-0.25, -0.2) is 4.39 Å². The van der Waals surface area contributed by atoms with Crippen LogP contribution in [0.1, 0.15) is 19.4 Å². The molecule has 0 aliphatic heterocycles. The van der Waals surface area contributed by atoms with E-state index in [-0.39, 0.29) is 11.3 Å². The minimum absolute atomic E-state index is 0.118. The molecule has 1 radical (unpaired) electrons. The van der Waals surface area contributed by atoms with Gasteiger partial charge in [-0.3, -0.25) is 0 Å². The molecule has 0 saturated carbocycles. The van der Waals surface area contributed by atoms with Crippen LogP contribution in [-0.4, -0.2) is 6.36 Å². The Morgan fingerprint density at radius 2 is 1.80 bits per heavy atom. The maximum Gasteiger partial charge on any atom is 0.573 e. The molecule has 0 unspecified atom stereocenters. The summed E-state index contributed by atoms with van der Waals surface area (Å²) in [6, 6.07) is 2.90. The van der Waals surface area contributed by atoms with E-state index in [1.54, 1.807) is 13.8 Å². The van der Waals surface area contributed by atoms with Gasteiger partial charge in [0, 0.05) is 11.5 Å². The molecule has 1 aromatic carbocycles. The van der Waals surface area contributed by atoms with Crippen molar-refractivity contribution in [1.82, 2.24) is 0 Å². The van der Waals surface area contributed by atoms with Crippen LogP contribution in [0.2, 0.25) is 0 Å². The van der Waals surface area contributed by atoms with Crippen LogP contribution in [0.3, 0.4) is 0 Å². The first-order valence-corrected chi connectivity index (χ1v) is 4.15. The van der Waals surface area contributed by atoms with Crippen LogP contribution in [0.4, 0.5) is 17.6 Å². The molecule has 15 heavy (non-hydrogen) atoms. The summed E-state index contributed by atoms with van der Waals surface area (Å²) in [5.74, 6) is -0.432. The van der Waals surface area contributed by atoms with Crippen molar-refractivity contribution >= 4 is 0 Å². The second-order valence-electron chi connectivity index (χ2n) is 3.19. The third kappa shape index (κ3) is 3.42. The van der Waals surface area contributed by atoms with E-state index < -0.39 is 12.2 Å². The van der Waals surface area contributed by atoms with Gasteiger partial charge in [-0.2, -0.15) is 0 Å². The largest absolute Gasteiger partial charge is 0.573 e. The van der Waals surface area contributed by atoms with Crippen molar-refractivity contribution in [2.24, 2.45) is 0 Å². The van der Waals surface area contributed by atoms with Crippen molar-refractivity contribution in [3.05, 3.63) is 35.5 Å². The summed E-state index contributed by atoms with van der Waals surface area (Å²) in [6.07, 6.45) is -4.76. The minimum Gasteiger partial charge on any atom is -0.405 e. The zero-order valence-electron chi connectivity index (χ0n) is 8.15. The molecule has 0 aliphatic carbocycles. The molecule has 0 amide bonds. The van der Waals surface area contributed by atoms with Gasteiger partial charge in [0.1, 0.15) is 11.6 Å². The standard InChI is InChI=1S/C10H9F4O/c1-6(2)8-5-7(11)3-4-9(8)15-10(12,13)14/h3-5H,1-2H3. The van der Waals surface area contributed by atoms with Crippen molar-refractivity contribution in [3.63, 3.8) is 0 Å². The molecule has 5 heteroatoms. The van der Waals surface area contributed by atoms with Gasteiger partial charge < -0.3 is 4.74 Å². The van der Waals surface area contributed by atoms with E-state index in [1.165, 1.54) is 0 Å². The summed E-state index contributed by atoms with van der Waals surface area (Å²) in [7, 11) is 0. The maximum atomic E-state index is 12.8. The van der Waals surface area contributed by atoms with Crippen LogP contribution in [-0.2, 0) is 0 Å². The van der Waals surface area contributed by atoms with E-state index in [0.29, 0.717) is 5.92 Å². The minimum atomic E-state index is -4.76. The summed E-state index contributed by atoms with van der Waals surface area (Å²) in [6.45, 7) is 3.16. The molecule has 0 bridgehead atoms. The quantitative estimate of drug-likeness (QED) is 0.692. The zero-order valence-corrected chi connectivity index (χ0v) is 8.15. The predicted molar refractivity (Wildman–Crippen MR) is 46.8 cm³/mol. The monoisotopic (exact) mass is 221 g/mol. The van der Waals surface area contributed by atoms with Crippen LogP contribution < -0.4 is 4.74 Å². The first kappa shape index (κ1) is 11.8. The highest BCUT2D eigenvalue weighted by molar-refractivity contribution is 5.42. The first-order valence-electron chi connectivity index (χ1n) is 4.15. The number of hydrogen-bond acceptors (Lipinski definition) is 1. The Morgan fingerprint density at radius 3 is 2.27 bits per heavy atom. The van der Waals surface area contributed by atoms with E-state index in [4.69, 9.17) is 0 Å². The van der Waals surface area contributed by atoms with E-state index in [9.17, 15) is 17.6 Å². The van der Waals surface area contributed by atoms with E-state index in [2.05, 4.69) is 4.74 Å². The number of benzene rings is 1. The molecule has 1 rings (SSSR count). The fourth-order valence-corrected chi connectivity index (χ4v) is 1.11. The lowest BCUT2D eigenvalue weighted by Crippen LogP contribution is -2.18. The summed E-state index contributed by atoms with van der Waals surface area (Å²) >= 11 is 0. The van der Waals surface area contributed by atoms with E-state index in [0.717, 1.165) is 18.2 Å². The van der Waals surface area contributed by atoms with Crippen molar-refractivity contribution in [1.29, 1.82) is 0 Å². The van der Waals surface area contributed by atoms with Crippen molar-refractivity contribution in [3.8, 4) is 5.75 Å². The van der Waals surface area contributed by atoms with Gasteiger partial charge in [-0.1, -0.05) is 13.8 Å². The third-order valence-corrected chi connectivity index (χ3v) is 1.71. The van der Waals surface area contributed by atoms with Crippen LogP contribution in [0.15, 0.2) is 18.2 Å². The van der Waals surface area contributed by atoms with Crippen LogP contribution in [0.5, 0.6) is 5.75 Å². The molecule has 0 atom stereocenters. The van der Waals surface area contributed by atoms with E-state index in [1.807, 2.05) is 0 Å². The van der Waals surface area contributed by atoms with Gasteiger partial charge in [0.2, 0.25) is 0 Å². The van der Waals surface area contributed by atoms with Crippen molar-refractivity contribution in [2.45, 2.75) is 20.2 Å². The molecule has 83 valence electrons. The smallest absolute Gasteiger partial charge is 0.405 e. The molecule has 0 heterocycles. The molecule has 0 aromatic heterocycles. The molecule has 1 aromatic rings. The number of rotatable bonds is 2. The number of alkyl halides is 3. The van der Waals surface area contributed by atoms with Crippen LogP contribution >= 0.6 is 0 Å². The zero-order chi connectivity index (χ0) is 11.6. The summed E-state index contributed by atoms with van der Waals surface area (Å²) in [5, 5.41) is 0. The summed E-state index contributed by atoms with van der Waals surface area (Å²) in [5.41, 5.74) is 0.118. The lowest BCUT2D eigenvalue weighted by molar-refractivity contribution is -0.274. The molecule has 0 N–H and O–H groups in total. The molecular formula is C10H9F4O. The van der Waals surface area contributed by atoms with Gasteiger partial charge in [0.15, 0.2) is 0 Å². The Bertz CT molecular complexity index is 344. The molecule has 0 spiro atoms. The SMILES string of the molecule is C[C](C)c1cc(F)ccc1OC(F)(F)F. The summed E-state index contributed by atoms with van der Waals surface area (Å²) < 4.78 is 52.4. The van der Waals surface area contributed by atoms with Crippen LogP contribution in [0.25, 0.3) is 0 Å². The Hall–Kier alpha value is -1.26. The Balaban J connectivity index is 3.06.